The number of nitrogens with zero attached hydrogens (tertiary/aromatic N) is 1. The van der Waals surface area contributed by atoms with Crippen LogP contribution in [0.25, 0.3) is 0 Å². The first-order valence-corrected chi connectivity index (χ1v) is 14.1. The Hall–Kier alpha value is -0.830. The Kier molecular flexibility index (Phi) is 24.2. The fraction of sp³-hybridized carbons (Fsp3) is 0.897. The summed E-state index contributed by atoms with van der Waals surface area (Å²) in [7, 11) is 4.53. The van der Waals surface area contributed by atoms with Gasteiger partial charge in [0.2, 0.25) is 0 Å². The van der Waals surface area contributed by atoms with Crippen molar-refractivity contribution in [2.24, 2.45) is 0 Å². The molecule has 0 N–H and O–H groups in total. The van der Waals surface area contributed by atoms with Gasteiger partial charge in [-0.15, -0.1) is 0 Å². The summed E-state index contributed by atoms with van der Waals surface area (Å²) < 4.78 is 4.95. The lowest BCUT2D eigenvalue weighted by atomic mass is 9.99. The third kappa shape index (κ3) is 22.4. The molecule has 3 heteroatoms. The maximum atomic E-state index is 11.3. The Labute approximate surface area is 201 Å². The van der Waals surface area contributed by atoms with Gasteiger partial charge in [0, 0.05) is 12.5 Å². The highest BCUT2D eigenvalue weighted by Crippen LogP contribution is 2.17. The molecular weight excluding hydrogens is 394 g/mol. The van der Waals surface area contributed by atoms with Gasteiger partial charge in [0.05, 0.1) is 6.61 Å². The molecule has 0 spiro atoms. The van der Waals surface area contributed by atoms with Gasteiger partial charge in [-0.25, -0.2) is 0 Å². The van der Waals surface area contributed by atoms with E-state index in [0.29, 0.717) is 13.0 Å². The van der Waals surface area contributed by atoms with E-state index >= 15 is 0 Å². The van der Waals surface area contributed by atoms with Gasteiger partial charge in [0.25, 0.3) is 0 Å². The third-order valence-corrected chi connectivity index (χ3v) is 6.50. The summed E-state index contributed by atoms with van der Waals surface area (Å²) in [5.41, 5.74) is 0. The number of hydrogen-bond donors (Lipinski definition) is 0. The molecule has 0 aromatic heterocycles. The normalized spacial score (nSPS) is 12.7. The maximum Gasteiger partial charge on any atom is 0.305 e. The van der Waals surface area contributed by atoms with Crippen LogP contribution in [0, 0.1) is 0 Å². The van der Waals surface area contributed by atoms with E-state index in [4.69, 9.17) is 4.74 Å². The third-order valence-electron chi connectivity index (χ3n) is 6.50. The predicted molar refractivity (Wildman–Crippen MR) is 141 cm³/mol. The Bertz CT molecular complexity index is 419. The molecule has 0 aromatic carbocycles. The van der Waals surface area contributed by atoms with E-state index < -0.39 is 0 Å². The molecule has 1 unspecified atom stereocenters. The van der Waals surface area contributed by atoms with Crippen molar-refractivity contribution in [3.63, 3.8) is 0 Å². The van der Waals surface area contributed by atoms with E-state index in [9.17, 15) is 4.79 Å². The van der Waals surface area contributed by atoms with Crippen LogP contribution in [0.4, 0.5) is 0 Å². The molecule has 0 amide bonds. The average molecular weight is 452 g/mol. The van der Waals surface area contributed by atoms with E-state index in [1.807, 2.05) is 6.92 Å². The van der Waals surface area contributed by atoms with Crippen molar-refractivity contribution in [1.29, 1.82) is 0 Å². The highest BCUT2D eigenvalue weighted by Gasteiger charge is 2.10. The molecule has 0 radical (unpaired) electrons. The van der Waals surface area contributed by atoms with Crippen LogP contribution in [0.15, 0.2) is 12.2 Å². The fourth-order valence-corrected chi connectivity index (χ4v) is 4.35. The second kappa shape index (κ2) is 24.8. The first-order valence-electron chi connectivity index (χ1n) is 14.1. The Morgan fingerprint density at radius 1 is 0.688 bits per heavy atom. The lowest BCUT2D eigenvalue weighted by Crippen LogP contribution is -2.27. The van der Waals surface area contributed by atoms with Crippen LogP contribution in [0.1, 0.15) is 142 Å². The molecular formula is C29H57NO2. The SMILES string of the molecule is CCCCCCCCC(CCCCCCCC/C=C\CCCCCC(=O)OCC)N(C)C. The highest BCUT2D eigenvalue weighted by molar-refractivity contribution is 5.69. The number of ether oxygens (including phenoxy) is 1. The monoisotopic (exact) mass is 451 g/mol. The minimum atomic E-state index is -0.0475. The quantitative estimate of drug-likeness (QED) is 0.0833. The molecule has 0 rings (SSSR count). The average Bonchev–Trinajstić information content (AvgIpc) is 2.77. The molecule has 3 nitrogen and oxygen atoms in total. The maximum absolute atomic E-state index is 11.3. The van der Waals surface area contributed by atoms with E-state index in [1.165, 1.54) is 103 Å². The zero-order valence-corrected chi connectivity index (χ0v) is 22.3. The molecule has 32 heavy (non-hydrogen) atoms. The number of allylic oxidation sites excluding steroid dienone is 2. The lowest BCUT2D eigenvalue weighted by molar-refractivity contribution is -0.143. The molecule has 190 valence electrons. The number of carbonyl (C=O) groups is 1. The highest BCUT2D eigenvalue weighted by atomic mass is 16.5. The molecule has 0 aromatic rings. The van der Waals surface area contributed by atoms with Crippen LogP contribution >= 0.6 is 0 Å². The number of carbonyl (C=O) groups excluding carboxylic acids is 1. The number of hydrogen-bond acceptors (Lipinski definition) is 3. The van der Waals surface area contributed by atoms with Crippen molar-refractivity contribution in [3.8, 4) is 0 Å². The second-order valence-electron chi connectivity index (χ2n) is 9.75. The number of esters is 1. The summed E-state index contributed by atoms with van der Waals surface area (Å²) in [4.78, 5) is 13.7. The molecule has 0 aliphatic carbocycles. The number of unbranched alkanes of at least 4 members (excludes halogenated alkanes) is 14. The molecule has 0 saturated carbocycles. The Morgan fingerprint density at radius 3 is 1.66 bits per heavy atom. The molecule has 0 fully saturated rings. The van der Waals surface area contributed by atoms with Crippen molar-refractivity contribution < 1.29 is 9.53 Å². The summed E-state index contributed by atoms with van der Waals surface area (Å²) in [6.45, 7) is 4.65. The van der Waals surface area contributed by atoms with E-state index in [1.54, 1.807) is 0 Å². The molecule has 0 heterocycles. The van der Waals surface area contributed by atoms with Gasteiger partial charge in [-0.1, -0.05) is 96.1 Å². The van der Waals surface area contributed by atoms with E-state index in [0.717, 1.165) is 25.3 Å². The zero-order valence-electron chi connectivity index (χ0n) is 22.3. The van der Waals surface area contributed by atoms with Crippen molar-refractivity contribution in [1.82, 2.24) is 4.90 Å². The summed E-state index contributed by atoms with van der Waals surface area (Å²) in [5.74, 6) is -0.0475. The first kappa shape index (κ1) is 31.2. The van der Waals surface area contributed by atoms with Gasteiger partial charge in [0.15, 0.2) is 0 Å². The molecule has 0 saturated heterocycles. The minimum absolute atomic E-state index is 0.0475. The molecule has 0 aliphatic rings. The van der Waals surface area contributed by atoms with Gasteiger partial charge in [-0.05, 0) is 66.0 Å². The molecule has 1 atom stereocenters. The Balaban J connectivity index is 3.45. The predicted octanol–water partition coefficient (Wildman–Crippen LogP) is 8.86. The summed E-state index contributed by atoms with van der Waals surface area (Å²) in [5, 5.41) is 0. The van der Waals surface area contributed by atoms with Gasteiger partial charge in [-0.2, -0.15) is 0 Å². The van der Waals surface area contributed by atoms with Crippen LogP contribution in [0.2, 0.25) is 0 Å². The van der Waals surface area contributed by atoms with Crippen LogP contribution in [-0.4, -0.2) is 37.6 Å². The smallest absolute Gasteiger partial charge is 0.305 e. The number of rotatable bonds is 24. The Morgan fingerprint density at radius 2 is 1.16 bits per heavy atom. The zero-order chi connectivity index (χ0) is 23.7. The standard InChI is InChI=1S/C29H57NO2/c1-5-7-8-9-19-22-25-28(30(3)4)26-23-20-17-15-13-11-10-12-14-16-18-21-24-27-29(31)32-6-2/h12,14,28H,5-11,13,15-27H2,1-4H3/b14-12-. The van der Waals surface area contributed by atoms with Crippen LogP contribution in [-0.2, 0) is 9.53 Å². The second-order valence-corrected chi connectivity index (χ2v) is 9.75. The van der Waals surface area contributed by atoms with E-state index in [-0.39, 0.29) is 5.97 Å². The topological polar surface area (TPSA) is 29.5 Å². The van der Waals surface area contributed by atoms with Gasteiger partial charge < -0.3 is 9.64 Å². The largest absolute Gasteiger partial charge is 0.466 e. The van der Waals surface area contributed by atoms with E-state index in [2.05, 4.69) is 38.1 Å². The van der Waals surface area contributed by atoms with Crippen molar-refractivity contribution in [2.45, 2.75) is 148 Å². The summed E-state index contributed by atoms with van der Waals surface area (Å²) >= 11 is 0. The molecule has 0 aliphatic heterocycles. The summed E-state index contributed by atoms with van der Waals surface area (Å²) in [6, 6.07) is 0.788. The van der Waals surface area contributed by atoms with Crippen molar-refractivity contribution in [3.05, 3.63) is 12.2 Å². The minimum Gasteiger partial charge on any atom is -0.466 e. The van der Waals surface area contributed by atoms with Crippen molar-refractivity contribution in [2.75, 3.05) is 20.7 Å². The lowest BCUT2D eigenvalue weighted by Gasteiger charge is -2.24. The first-order chi connectivity index (χ1) is 15.6. The summed E-state index contributed by atoms with van der Waals surface area (Å²) in [6.07, 6.45) is 30.4. The van der Waals surface area contributed by atoms with Gasteiger partial charge >= 0.3 is 5.97 Å². The van der Waals surface area contributed by atoms with Crippen LogP contribution < -0.4 is 0 Å². The van der Waals surface area contributed by atoms with Crippen molar-refractivity contribution >= 4 is 5.97 Å². The van der Waals surface area contributed by atoms with Crippen LogP contribution in [0.5, 0.6) is 0 Å². The van der Waals surface area contributed by atoms with Crippen LogP contribution in [0.3, 0.4) is 0 Å². The van der Waals surface area contributed by atoms with Gasteiger partial charge in [-0.3, -0.25) is 4.79 Å². The van der Waals surface area contributed by atoms with Gasteiger partial charge in [0.1, 0.15) is 0 Å². The fourth-order valence-electron chi connectivity index (χ4n) is 4.35. The molecule has 0 bridgehead atoms.